The predicted octanol–water partition coefficient (Wildman–Crippen LogP) is 2.57. The van der Waals surface area contributed by atoms with E-state index in [9.17, 15) is 4.39 Å². The van der Waals surface area contributed by atoms with Gasteiger partial charge in [0.2, 0.25) is 0 Å². The predicted molar refractivity (Wildman–Crippen MR) is 78.5 cm³/mol. The van der Waals surface area contributed by atoms with Crippen LogP contribution >= 0.6 is 12.2 Å². The number of ether oxygens (including phenoxy) is 1. The third-order valence-corrected chi connectivity index (χ3v) is 2.53. The van der Waals surface area contributed by atoms with Crippen LogP contribution in [0.5, 0.6) is 5.75 Å². The molecule has 0 unspecified atom stereocenters. The number of halogens is 1. The number of pyridine rings is 1. The smallest absolute Gasteiger partial charge is 0.173 e. The molecule has 0 aromatic carbocycles. The Bertz CT molecular complexity index is 627. The summed E-state index contributed by atoms with van der Waals surface area (Å²) >= 11 is 4.63. The number of aliphatic imine (C=N–C) groups is 1. The van der Waals surface area contributed by atoms with Crippen molar-refractivity contribution >= 4 is 29.6 Å². The van der Waals surface area contributed by atoms with Gasteiger partial charge in [-0.15, -0.1) is 0 Å². The summed E-state index contributed by atoms with van der Waals surface area (Å²) in [4.78, 5) is 8.04. The van der Waals surface area contributed by atoms with Crippen molar-refractivity contribution in [3.8, 4) is 5.75 Å². The Morgan fingerprint density at radius 3 is 3.10 bits per heavy atom. The van der Waals surface area contributed by atoms with Crippen molar-refractivity contribution in [1.82, 2.24) is 14.8 Å². The molecule has 2 heterocycles. The average molecular weight is 292 g/mol. The van der Waals surface area contributed by atoms with Crippen LogP contribution in [0.1, 0.15) is 12.6 Å². The molecule has 0 N–H and O–H groups in total. The van der Waals surface area contributed by atoms with E-state index >= 15 is 0 Å². The molecule has 0 aliphatic carbocycles. The van der Waals surface area contributed by atoms with E-state index < -0.39 is 5.82 Å². The zero-order valence-corrected chi connectivity index (χ0v) is 11.7. The van der Waals surface area contributed by atoms with Crippen LogP contribution in [0.4, 0.5) is 10.2 Å². The number of nitrogens with zero attached hydrogens (tertiary/aromatic N) is 4. The first-order valence-electron chi connectivity index (χ1n) is 6.01. The molecule has 0 amide bonds. The van der Waals surface area contributed by atoms with Crippen molar-refractivity contribution < 1.29 is 9.13 Å². The minimum Gasteiger partial charge on any atom is -0.492 e. The molecule has 104 valence electrons. The summed E-state index contributed by atoms with van der Waals surface area (Å²) in [5.74, 6) is 0.508. The van der Waals surface area contributed by atoms with E-state index in [0.717, 1.165) is 0 Å². The maximum Gasteiger partial charge on any atom is 0.173 e. The fourth-order valence-electron chi connectivity index (χ4n) is 1.58. The Morgan fingerprint density at radius 1 is 1.55 bits per heavy atom. The second kappa shape index (κ2) is 6.85. The molecule has 7 heteroatoms. The molecule has 0 bridgehead atoms. The van der Waals surface area contributed by atoms with Gasteiger partial charge in [-0.05, 0) is 6.92 Å². The number of hydrogen-bond acceptors (Lipinski definition) is 5. The maximum atomic E-state index is 13.8. The normalized spacial score (nSPS) is 10.9. The molecule has 0 fully saturated rings. The van der Waals surface area contributed by atoms with Gasteiger partial charge in [-0.3, -0.25) is 9.67 Å². The van der Waals surface area contributed by atoms with E-state index in [0.29, 0.717) is 23.9 Å². The van der Waals surface area contributed by atoms with Gasteiger partial charge in [-0.2, -0.15) is 5.10 Å². The summed E-state index contributed by atoms with van der Waals surface area (Å²) in [6, 6.07) is 3.03. The van der Waals surface area contributed by atoms with Gasteiger partial charge in [0.1, 0.15) is 11.6 Å². The van der Waals surface area contributed by atoms with E-state index in [1.165, 1.54) is 23.8 Å². The zero-order chi connectivity index (χ0) is 14.4. The van der Waals surface area contributed by atoms with Crippen molar-refractivity contribution in [2.45, 2.75) is 13.5 Å². The Balaban J connectivity index is 2.11. The molecule has 0 saturated heterocycles. The molecule has 2 aromatic rings. The molecule has 2 rings (SSSR count). The molecule has 0 saturated carbocycles. The van der Waals surface area contributed by atoms with Gasteiger partial charge in [-0.1, -0.05) is 12.2 Å². The first kappa shape index (κ1) is 14.3. The Labute approximate surface area is 121 Å². The van der Waals surface area contributed by atoms with Crippen LogP contribution in [0.2, 0.25) is 0 Å². The van der Waals surface area contributed by atoms with Gasteiger partial charge in [0.05, 0.1) is 25.0 Å². The van der Waals surface area contributed by atoms with Gasteiger partial charge in [0.15, 0.2) is 5.82 Å². The average Bonchev–Trinajstić information content (AvgIpc) is 2.87. The van der Waals surface area contributed by atoms with E-state index in [1.807, 2.05) is 6.92 Å². The highest BCUT2D eigenvalue weighted by atomic mass is 32.1. The minimum atomic E-state index is -0.421. The lowest BCUT2D eigenvalue weighted by molar-refractivity contribution is 0.336. The number of rotatable bonds is 6. The Morgan fingerprint density at radius 2 is 2.40 bits per heavy atom. The lowest BCUT2D eigenvalue weighted by atomic mass is 10.3. The SMILES string of the molecule is CCOc1cnc(Cn2ccc(N=CC=S)n2)c(F)c1. The molecule has 20 heavy (non-hydrogen) atoms. The highest BCUT2D eigenvalue weighted by Gasteiger charge is 2.07. The van der Waals surface area contributed by atoms with Crippen LogP contribution < -0.4 is 4.74 Å². The third-order valence-electron chi connectivity index (χ3n) is 2.41. The van der Waals surface area contributed by atoms with Crippen LogP contribution in [0, 0.1) is 5.82 Å². The van der Waals surface area contributed by atoms with Crippen molar-refractivity contribution in [3.05, 3.63) is 36.0 Å². The van der Waals surface area contributed by atoms with Crippen molar-refractivity contribution in [2.24, 2.45) is 4.99 Å². The quantitative estimate of drug-likeness (QED) is 0.606. The van der Waals surface area contributed by atoms with E-state index in [1.54, 1.807) is 16.9 Å². The number of aromatic nitrogens is 3. The molecule has 0 atom stereocenters. The van der Waals surface area contributed by atoms with Crippen LogP contribution in [0.15, 0.2) is 29.5 Å². The summed E-state index contributed by atoms with van der Waals surface area (Å²) in [6.07, 6.45) is 4.67. The molecule has 0 aliphatic rings. The van der Waals surface area contributed by atoms with Crippen LogP contribution in [-0.2, 0) is 6.54 Å². The van der Waals surface area contributed by atoms with E-state index in [2.05, 4.69) is 27.3 Å². The standard InChI is InChI=1S/C13H13FN4OS/c1-2-19-10-7-11(14)12(16-8-10)9-18-5-3-13(17-18)15-4-6-20/h3-8H,2,9H2,1H3. The van der Waals surface area contributed by atoms with Crippen molar-refractivity contribution in [2.75, 3.05) is 6.61 Å². The van der Waals surface area contributed by atoms with Crippen LogP contribution in [0.3, 0.4) is 0 Å². The highest BCUT2D eigenvalue weighted by molar-refractivity contribution is 7.80. The van der Waals surface area contributed by atoms with Gasteiger partial charge >= 0.3 is 0 Å². The summed E-state index contributed by atoms with van der Waals surface area (Å²) in [6.45, 7) is 2.53. The second-order valence-electron chi connectivity index (χ2n) is 3.82. The van der Waals surface area contributed by atoms with Crippen LogP contribution in [-0.4, -0.2) is 33.0 Å². The third kappa shape index (κ3) is 3.67. The number of hydrogen-bond donors (Lipinski definition) is 0. The summed E-state index contributed by atoms with van der Waals surface area (Å²) in [5.41, 5.74) is 0.293. The second-order valence-corrected chi connectivity index (χ2v) is 4.09. The zero-order valence-electron chi connectivity index (χ0n) is 10.9. The Hall–Kier alpha value is -2.15. The Kier molecular flexibility index (Phi) is 4.89. The summed E-state index contributed by atoms with van der Waals surface area (Å²) in [5, 5.41) is 5.55. The first-order valence-corrected chi connectivity index (χ1v) is 6.48. The lowest BCUT2D eigenvalue weighted by Crippen LogP contribution is -2.05. The van der Waals surface area contributed by atoms with E-state index in [-0.39, 0.29) is 6.54 Å². The molecular formula is C13H13FN4OS. The van der Waals surface area contributed by atoms with Gasteiger partial charge in [0.25, 0.3) is 0 Å². The molecular weight excluding hydrogens is 279 g/mol. The monoisotopic (exact) mass is 292 g/mol. The topological polar surface area (TPSA) is 52.3 Å². The fourth-order valence-corrected chi connectivity index (χ4v) is 1.64. The lowest BCUT2D eigenvalue weighted by Gasteiger charge is -2.06. The summed E-state index contributed by atoms with van der Waals surface area (Å²) in [7, 11) is 0. The molecule has 0 aliphatic heterocycles. The maximum absolute atomic E-state index is 13.8. The first-order chi connectivity index (χ1) is 9.72. The minimum absolute atomic E-state index is 0.228. The van der Waals surface area contributed by atoms with Gasteiger partial charge < -0.3 is 4.74 Å². The van der Waals surface area contributed by atoms with Crippen LogP contribution in [0.25, 0.3) is 0 Å². The van der Waals surface area contributed by atoms with Gasteiger partial charge in [0, 0.05) is 29.9 Å². The largest absolute Gasteiger partial charge is 0.492 e. The summed E-state index contributed by atoms with van der Waals surface area (Å²) < 4.78 is 20.6. The van der Waals surface area contributed by atoms with Crippen molar-refractivity contribution in [1.29, 1.82) is 0 Å². The molecule has 0 spiro atoms. The van der Waals surface area contributed by atoms with E-state index in [4.69, 9.17) is 4.74 Å². The fraction of sp³-hybridized carbons (Fsp3) is 0.231. The molecule has 0 radical (unpaired) electrons. The van der Waals surface area contributed by atoms with Gasteiger partial charge in [-0.25, -0.2) is 9.38 Å². The molecule has 5 nitrogen and oxygen atoms in total. The van der Waals surface area contributed by atoms with Crippen molar-refractivity contribution in [3.63, 3.8) is 0 Å². The highest BCUT2D eigenvalue weighted by Crippen LogP contribution is 2.15. The number of thiocarbonyl (C=S) groups is 1. The molecule has 2 aromatic heterocycles.